The van der Waals surface area contributed by atoms with Gasteiger partial charge in [0.05, 0.1) is 6.61 Å². The zero-order chi connectivity index (χ0) is 18.8. The van der Waals surface area contributed by atoms with Crippen LogP contribution in [0.4, 0.5) is 0 Å². The lowest BCUT2D eigenvalue weighted by molar-refractivity contribution is -0.127. The quantitative estimate of drug-likeness (QED) is 0.270. The van der Waals surface area contributed by atoms with Crippen LogP contribution in [0.1, 0.15) is 44.9 Å². The van der Waals surface area contributed by atoms with Gasteiger partial charge < -0.3 is 25.4 Å². The fraction of sp³-hybridized carbons (Fsp3) is 0.895. The molecule has 1 unspecified atom stereocenters. The molecule has 1 aliphatic heterocycles. The fourth-order valence-corrected chi connectivity index (χ4v) is 3.68. The molecule has 1 saturated heterocycles. The Labute approximate surface area is 180 Å². The minimum absolute atomic E-state index is 0. The summed E-state index contributed by atoms with van der Waals surface area (Å²) >= 11 is 0. The van der Waals surface area contributed by atoms with Gasteiger partial charge in [-0.1, -0.05) is 19.3 Å². The lowest BCUT2D eigenvalue weighted by Crippen LogP contribution is -2.46. The highest BCUT2D eigenvalue weighted by molar-refractivity contribution is 14.0. The van der Waals surface area contributed by atoms with E-state index in [9.17, 15) is 9.90 Å². The van der Waals surface area contributed by atoms with Crippen LogP contribution >= 0.6 is 24.0 Å². The summed E-state index contributed by atoms with van der Waals surface area (Å²) in [6.07, 6.45) is 8.14. The number of aliphatic hydroxyl groups excluding tert-OH is 1. The van der Waals surface area contributed by atoms with Gasteiger partial charge in [0.1, 0.15) is 6.54 Å². The second kappa shape index (κ2) is 12.8. The van der Waals surface area contributed by atoms with E-state index in [0.717, 1.165) is 19.6 Å². The second-order valence-electron chi connectivity index (χ2n) is 7.97. The van der Waals surface area contributed by atoms with Crippen LogP contribution in [0.15, 0.2) is 4.99 Å². The van der Waals surface area contributed by atoms with E-state index in [2.05, 4.69) is 15.6 Å². The number of aliphatic imine (C=N–C) groups is 1. The molecule has 2 aliphatic rings. The molecule has 1 atom stereocenters. The number of hydrogen-bond acceptors (Lipinski definition) is 4. The van der Waals surface area contributed by atoms with Crippen molar-refractivity contribution in [3.8, 4) is 0 Å². The molecule has 1 aliphatic carbocycles. The van der Waals surface area contributed by atoms with Crippen LogP contribution in [-0.2, 0) is 9.53 Å². The van der Waals surface area contributed by atoms with Gasteiger partial charge in [-0.25, -0.2) is 4.99 Å². The third kappa shape index (κ3) is 8.51. The SMILES string of the molecule is CN(C)C(=O)CN=C(NCC1CCCCC1)NCC1(CCO)CCOC1.I. The Balaban J connectivity index is 0.00000364. The minimum atomic E-state index is -0.0480. The van der Waals surface area contributed by atoms with Gasteiger partial charge in [-0.2, -0.15) is 0 Å². The molecule has 1 heterocycles. The molecule has 0 aromatic carbocycles. The summed E-state index contributed by atoms with van der Waals surface area (Å²) in [6, 6.07) is 0. The first kappa shape index (κ1) is 24.4. The molecule has 7 nitrogen and oxygen atoms in total. The molecule has 0 bridgehead atoms. The predicted molar refractivity (Wildman–Crippen MR) is 119 cm³/mol. The number of halogens is 1. The topological polar surface area (TPSA) is 86.2 Å². The van der Waals surface area contributed by atoms with E-state index in [1.807, 2.05) is 0 Å². The van der Waals surface area contributed by atoms with E-state index < -0.39 is 0 Å². The highest BCUT2D eigenvalue weighted by Gasteiger charge is 2.34. The molecule has 158 valence electrons. The number of rotatable bonds is 8. The summed E-state index contributed by atoms with van der Waals surface area (Å²) in [7, 11) is 3.49. The molecule has 1 amide bonds. The maximum absolute atomic E-state index is 11.9. The molecule has 0 aromatic rings. The largest absolute Gasteiger partial charge is 0.396 e. The van der Waals surface area contributed by atoms with Crippen molar-refractivity contribution in [2.45, 2.75) is 44.9 Å². The number of nitrogens with zero attached hydrogens (tertiary/aromatic N) is 2. The van der Waals surface area contributed by atoms with Gasteiger partial charge in [0.25, 0.3) is 0 Å². The van der Waals surface area contributed by atoms with Gasteiger partial charge in [0.15, 0.2) is 5.96 Å². The van der Waals surface area contributed by atoms with Crippen molar-refractivity contribution in [2.24, 2.45) is 16.3 Å². The molecule has 8 heteroatoms. The third-order valence-electron chi connectivity index (χ3n) is 5.61. The van der Waals surface area contributed by atoms with Crippen LogP contribution < -0.4 is 10.6 Å². The van der Waals surface area contributed by atoms with Crippen molar-refractivity contribution in [1.82, 2.24) is 15.5 Å². The molecule has 2 fully saturated rings. The van der Waals surface area contributed by atoms with Gasteiger partial charge in [-0.15, -0.1) is 24.0 Å². The molecular weight excluding hydrogens is 459 g/mol. The number of ether oxygens (including phenoxy) is 1. The highest BCUT2D eigenvalue weighted by atomic mass is 127. The number of likely N-dealkylation sites (N-methyl/N-ethyl adjacent to an activating group) is 1. The number of hydrogen-bond donors (Lipinski definition) is 3. The number of carbonyl (C=O) groups is 1. The zero-order valence-corrected chi connectivity index (χ0v) is 19.2. The van der Waals surface area contributed by atoms with E-state index in [1.54, 1.807) is 19.0 Å². The van der Waals surface area contributed by atoms with Gasteiger partial charge in [-0.3, -0.25) is 4.79 Å². The Kier molecular flexibility index (Phi) is 11.6. The summed E-state index contributed by atoms with van der Waals surface area (Å²) in [5.41, 5.74) is -0.0480. The molecule has 2 rings (SSSR count). The normalized spacial score (nSPS) is 23.6. The Morgan fingerprint density at radius 1 is 1.26 bits per heavy atom. The molecular formula is C19H37IN4O3. The van der Waals surface area contributed by atoms with Crippen molar-refractivity contribution >= 4 is 35.8 Å². The number of aliphatic hydroxyl groups is 1. The van der Waals surface area contributed by atoms with Crippen molar-refractivity contribution in [3.63, 3.8) is 0 Å². The van der Waals surface area contributed by atoms with Crippen LogP contribution in [-0.4, -0.2) is 75.4 Å². The predicted octanol–water partition coefficient (Wildman–Crippen LogP) is 1.60. The average molecular weight is 496 g/mol. The lowest BCUT2D eigenvalue weighted by Gasteiger charge is -2.28. The van der Waals surface area contributed by atoms with E-state index >= 15 is 0 Å². The number of carbonyl (C=O) groups excluding carboxylic acids is 1. The van der Waals surface area contributed by atoms with Gasteiger partial charge in [0, 0.05) is 45.8 Å². The number of nitrogens with one attached hydrogen (secondary N) is 2. The Bertz CT molecular complexity index is 462. The van der Waals surface area contributed by atoms with Crippen LogP contribution in [0.2, 0.25) is 0 Å². The van der Waals surface area contributed by atoms with Gasteiger partial charge in [-0.05, 0) is 31.6 Å². The summed E-state index contributed by atoms with van der Waals surface area (Å²) < 4.78 is 5.56. The summed E-state index contributed by atoms with van der Waals surface area (Å²) in [6.45, 7) is 3.28. The Morgan fingerprint density at radius 3 is 2.59 bits per heavy atom. The first-order valence-electron chi connectivity index (χ1n) is 9.96. The van der Waals surface area contributed by atoms with Crippen LogP contribution in [0.5, 0.6) is 0 Å². The summed E-state index contributed by atoms with van der Waals surface area (Å²) in [5, 5.41) is 16.2. The summed E-state index contributed by atoms with van der Waals surface area (Å²) in [4.78, 5) is 17.9. The third-order valence-corrected chi connectivity index (χ3v) is 5.61. The van der Waals surface area contributed by atoms with Crippen LogP contribution in [0.3, 0.4) is 0 Å². The van der Waals surface area contributed by atoms with E-state index in [1.165, 1.54) is 32.1 Å². The number of guanidine groups is 1. The standard InChI is InChI=1S/C19H36N4O3.HI/c1-23(2)17(25)13-21-18(20-12-16-6-4-3-5-7-16)22-14-19(8-10-24)9-11-26-15-19;/h16,24H,3-15H2,1-2H3,(H2,20,21,22);1H. The lowest BCUT2D eigenvalue weighted by atomic mass is 9.84. The first-order chi connectivity index (χ1) is 12.5. The molecule has 27 heavy (non-hydrogen) atoms. The maximum atomic E-state index is 11.9. The highest BCUT2D eigenvalue weighted by Crippen LogP contribution is 2.31. The van der Waals surface area contributed by atoms with Crippen molar-refractivity contribution in [1.29, 1.82) is 0 Å². The van der Waals surface area contributed by atoms with Gasteiger partial charge >= 0.3 is 0 Å². The Morgan fingerprint density at radius 2 is 2.00 bits per heavy atom. The molecule has 0 radical (unpaired) electrons. The smallest absolute Gasteiger partial charge is 0.243 e. The van der Waals surface area contributed by atoms with Crippen LogP contribution in [0, 0.1) is 11.3 Å². The molecule has 1 saturated carbocycles. The van der Waals surface area contributed by atoms with Gasteiger partial charge in [0.2, 0.25) is 5.91 Å². The van der Waals surface area contributed by atoms with E-state index in [-0.39, 0.29) is 48.5 Å². The fourth-order valence-electron chi connectivity index (χ4n) is 3.68. The van der Waals surface area contributed by atoms with Crippen LogP contribution in [0.25, 0.3) is 0 Å². The average Bonchev–Trinajstić information content (AvgIpc) is 3.10. The monoisotopic (exact) mass is 496 g/mol. The molecule has 0 aromatic heterocycles. The molecule has 3 N–H and O–H groups in total. The van der Waals surface area contributed by atoms with Crippen molar-refractivity contribution in [2.75, 3.05) is 53.6 Å². The van der Waals surface area contributed by atoms with Crippen molar-refractivity contribution < 1.29 is 14.6 Å². The first-order valence-corrected chi connectivity index (χ1v) is 9.96. The Hall–Kier alpha value is -0.610. The maximum Gasteiger partial charge on any atom is 0.243 e. The minimum Gasteiger partial charge on any atom is -0.396 e. The van der Waals surface area contributed by atoms with Crippen molar-refractivity contribution in [3.05, 3.63) is 0 Å². The zero-order valence-electron chi connectivity index (χ0n) is 16.8. The van der Waals surface area contributed by atoms with E-state index in [0.29, 0.717) is 31.4 Å². The molecule has 0 spiro atoms. The second-order valence-corrected chi connectivity index (χ2v) is 7.97. The number of amides is 1. The summed E-state index contributed by atoms with van der Waals surface area (Å²) in [5.74, 6) is 1.36. The van der Waals surface area contributed by atoms with E-state index in [4.69, 9.17) is 4.74 Å².